The van der Waals surface area contributed by atoms with Gasteiger partial charge in [0.1, 0.15) is 0 Å². The summed E-state index contributed by atoms with van der Waals surface area (Å²) in [7, 11) is 2.13. The van der Waals surface area contributed by atoms with Gasteiger partial charge in [-0.15, -0.1) is 0 Å². The fraction of sp³-hybridized carbons (Fsp3) is 0.625. The topological polar surface area (TPSA) is 23.5 Å². The van der Waals surface area contributed by atoms with Gasteiger partial charge in [0.25, 0.3) is 0 Å². The lowest BCUT2D eigenvalue weighted by atomic mass is 9.96. The van der Waals surface area contributed by atoms with E-state index in [0.29, 0.717) is 11.8 Å². The number of benzene rings is 1. The molecule has 1 unspecified atom stereocenters. The van der Waals surface area contributed by atoms with Crippen LogP contribution in [0.3, 0.4) is 0 Å². The Hall–Kier alpha value is -0.860. The molecule has 0 aliphatic rings. The second-order valence-corrected chi connectivity index (χ2v) is 5.81. The molecule has 2 heteroatoms. The van der Waals surface area contributed by atoms with Crippen LogP contribution in [0.15, 0.2) is 18.2 Å². The van der Waals surface area contributed by atoms with Crippen LogP contribution in [0.1, 0.15) is 30.5 Å². The lowest BCUT2D eigenvalue weighted by Gasteiger charge is -2.26. The summed E-state index contributed by atoms with van der Waals surface area (Å²) < 4.78 is 0. The Kier molecular flexibility index (Phi) is 5.83. The minimum atomic E-state index is 0.273. The molecular weight excluding hydrogens is 222 g/mol. The first-order valence-electron chi connectivity index (χ1n) is 6.79. The van der Waals surface area contributed by atoms with Crippen LogP contribution in [0.5, 0.6) is 0 Å². The first kappa shape index (κ1) is 15.2. The Bertz CT molecular complexity index is 373. The number of aliphatic hydroxyl groups excluding tert-OH is 1. The van der Waals surface area contributed by atoms with Gasteiger partial charge in [-0.3, -0.25) is 0 Å². The van der Waals surface area contributed by atoms with E-state index in [2.05, 4.69) is 57.8 Å². The van der Waals surface area contributed by atoms with Crippen molar-refractivity contribution in [1.82, 2.24) is 4.90 Å². The second kappa shape index (κ2) is 6.91. The second-order valence-electron chi connectivity index (χ2n) is 5.81. The summed E-state index contributed by atoms with van der Waals surface area (Å²) in [5.41, 5.74) is 4.04. The van der Waals surface area contributed by atoms with Crippen molar-refractivity contribution in [2.75, 3.05) is 20.2 Å². The molecule has 0 aromatic heterocycles. The molecule has 18 heavy (non-hydrogen) atoms. The summed E-state index contributed by atoms with van der Waals surface area (Å²) in [5, 5.41) is 9.38. The maximum Gasteiger partial charge on any atom is 0.0473 e. The zero-order valence-corrected chi connectivity index (χ0v) is 12.4. The molecule has 1 aromatic rings. The van der Waals surface area contributed by atoms with Crippen molar-refractivity contribution in [3.8, 4) is 0 Å². The predicted octanol–water partition coefficient (Wildman–Crippen LogP) is 3.00. The molecule has 0 aliphatic heterocycles. The molecule has 1 aromatic carbocycles. The van der Waals surface area contributed by atoms with Gasteiger partial charge in [-0.05, 0) is 43.9 Å². The number of aryl methyl sites for hydroxylation is 2. The summed E-state index contributed by atoms with van der Waals surface area (Å²) in [6, 6.07) is 6.60. The molecule has 0 aliphatic carbocycles. The number of nitrogens with zero attached hydrogens (tertiary/aromatic N) is 1. The Morgan fingerprint density at radius 3 is 2.44 bits per heavy atom. The normalized spacial score (nSPS) is 13.3. The van der Waals surface area contributed by atoms with Gasteiger partial charge in [-0.2, -0.15) is 0 Å². The molecule has 0 radical (unpaired) electrons. The Labute approximate surface area is 112 Å². The first-order chi connectivity index (χ1) is 8.43. The molecule has 0 saturated heterocycles. The van der Waals surface area contributed by atoms with Gasteiger partial charge in [0, 0.05) is 19.7 Å². The standard InChI is InChI=1S/C16H27NO/c1-12(2)16(11-18)10-17(5)9-15-8-13(3)6-7-14(15)4/h6-8,12,16,18H,9-11H2,1-5H3. The molecule has 0 amide bonds. The van der Waals surface area contributed by atoms with E-state index in [1.54, 1.807) is 0 Å². The van der Waals surface area contributed by atoms with Crippen LogP contribution in [-0.4, -0.2) is 30.2 Å². The zero-order chi connectivity index (χ0) is 13.7. The summed E-state index contributed by atoms with van der Waals surface area (Å²) in [5.74, 6) is 0.885. The van der Waals surface area contributed by atoms with Gasteiger partial charge in [0.15, 0.2) is 0 Å². The quantitative estimate of drug-likeness (QED) is 0.838. The Morgan fingerprint density at radius 1 is 1.22 bits per heavy atom. The van der Waals surface area contributed by atoms with Crippen molar-refractivity contribution in [2.24, 2.45) is 11.8 Å². The largest absolute Gasteiger partial charge is 0.396 e. The summed E-state index contributed by atoms with van der Waals surface area (Å²) in [4.78, 5) is 2.31. The highest BCUT2D eigenvalue weighted by atomic mass is 16.3. The average molecular weight is 249 g/mol. The van der Waals surface area contributed by atoms with Crippen molar-refractivity contribution >= 4 is 0 Å². The molecule has 0 heterocycles. The lowest BCUT2D eigenvalue weighted by Crippen LogP contribution is -2.30. The lowest BCUT2D eigenvalue weighted by molar-refractivity contribution is 0.143. The van der Waals surface area contributed by atoms with Crippen LogP contribution in [0.4, 0.5) is 0 Å². The third-order valence-corrected chi connectivity index (χ3v) is 3.67. The summed E-state index contributed by atoms with van der Waals surface area (Å²) in [6.45, 7) is 10.8. The van der Waals surface area contributed by atoms with Crippen LogP contribution >= 0.6 is 0 Å². The molecule has 2 nitrogen and oxygen atoms in total. The van der Waals surface area contributed by atoms with Crippen molar-refractivity contribution in [2.45, 2.75) is 34.2 Å². The number of hydrogen-bond acceptors (Lipinski definition) is 2. The van der Waals surface area contributed by atoms with E-state index in [4.69, 9.17) is 0 Å². The van der Waals surface area contributed by atoms with E-state index in [0.717, 1.165) is 13.1 Å². The van der Waals surface area contributed by atoms with Crippen molar-refractivity contribution in [3.05, 3.63) is 34.9 Å². The molecular formula is C16H27NO. The Balaban J connectivity index is 2.63. The van der Waals surface area contributed by atoms with Crippen LogP contribution in [0.25, 0.3) is 0 Å². The van der Waals surface area contributed by atoms with E-state index >= 15 is 0 Å². The van der Waals surface area contributed by atoms with Crippen LogP contribution in [-0.2, 0) is 6.54 Å². The summed E-state index contributed by atoms with van der Waals surface area (Å²) in [6.07, 6.45) is 0. The minimum absolute atomic E-state index is 0.273. The third kappa shape index (κ3) is 4.43. The van der Waals surface area contributed by atoms with E-state index in [9.17, 15) is 5.11 Å². The fourth-order valence-corrected chi connectivity index (χ4v) is 2.21. The third-order valence-electron chi connectivity index (χ3n) is 3.67. The van der Waals surface area contributed by atoms with Crippen molar-refractivity contribution in [3.63, 3.8) is 0 Å². The highest BCUT2D eigenvalue weighted by Crippen LogP contribution is 2.16. The van der Waals surface area contributed by atoms with Crippen LogP contribution in [0, 0.1) is 25.7 Å². The van der Waals surface area contributed by atoms with E-state index in [-0.39, 0.29) is 6.61 Å². The van der Waals surface area contributed by atoms with Crippen molar-refractivity contribution in [1.29, 1.82) is 0 Å². The molecule has 102 valence electrons. The van der Waals surface area contributed by atoms with Crippen molar-refractivity contribution < 1.29 is 5.11 Å². The molecule has 0 fully saturated rings. The van der Waals surface area contributed by atoms with E-state index in [1.165, 1.54) is 16.7 Å². The molecule has 1 atom stereocenters. The highest BCUT2D eigenvalue weighted by Gasteiger charge is 2.15. The van der Waals surface area contributed by atoms with Gasteiger partial charge in [0.05, 0.1) is 0 Å². The van der Waals surface area contributed by atoms with Crippen LogP contribution < -0.4 is 0 Å². The monoisotopic (exact) mass is 249 g/mol. The van der Waals surface area contributed by atoms with Gasteiger partial charge in [-0.25, -0.2) is 0 Å². The maximum absolute atomic E-state index is 9.38. The smallest absolute Gasteiger partial charge is 0.0473 e. The zero-order valence-electron chi connectivity index (χ0n) is 12.4. The number of hydrogen-bond donors (Lipinski definition) is 1. The molecule has 0 bridgehead atoms. The summed E-state index contributed by atoms with van der Waals surface area (Å²) >= 11 is 0. The minimum Gasteiger partial charge on any atom is -0.396 e. The highest BCUT2D eigenvalue weighted by molar-refractivity contribution is 5.30. The fourth-order valence-electron chi connectivity index (χ4n) is 2.21. The van der Waals surface area contributed by atoms with Gasteiger partial charge < -0.3 is 10.0 Å². The molecule has 1 N–H and O–H groups in total. The van der Waals surface area contributed by atoms with Gasteiger partial charge in [-0.1, -0.05) is 37.6 Å². The molecule has 0 spiro atoms. The van der Waals surface area contributed by atoms with Gasteiger partial charge in [0.2, 0.25) is 0 Å². The number of rotatable bonds is 6. The maximum atomic E-state index is 9.38. The van der Waals surface area contributed by atoms with Crippen LogP contribution in [0.2, 0.25) is 0 Å². The molecule has 0 saturated carbocycles. The SMILES string of the molecule is Cc1ccc(C)c(CN(C)CC(CO)C(C)C)c1. The first-order valence-corrected chi connectivity index (χ1v) is 6.79. The number of aliphatic hydroxyl groups is 1. The average Bonchev–Trinajstić information content (AvgIpc) is 2.30. The predicted molar refractivity (Wildman–Crippen MR) is 77.7 cm³/mol. The van der Waals surface area contributed by atoms with Gasteiger partial charge >= 0.3 is 0 Å². The van der Waals surface area contributed by atoms with E-state index < -0.39 is 0 Å². The van der Waals surface area contributed by atoms with E-state index in [1.807, 2.05) is 0 Å². The Morgan fingerprint density at radius 2 is 1.89 bits per heavy atom. The molecule has 1 rings (SSSR count).